The second-order valence-electron chi connectivity index (χ2n) is 10.7. The molecule has 2 saturated heterocycles. The molecule has 1 aromatic carbocycles. The summed E-state index contributed by atoms with van der Waals surface area (Å²) in [5.41, 5.74) is 0.429. The largest absolute Gasteiger partial charge is 0.461 e. The zero-order valence-electron chi connectivity index (χ0n) is 22.4. The first-order valence-electron chi connectivity index (χ1n) is 13.6. The number of aliphatic hydroxyl groups excluding tert-OH is 1. The topological polar surface area (TPSA) is 99.6 Å². The number of cyclic esters (lactones) is 1. The van der Waals surface area contributed by atoms with Gasteiger partial charge in [-0.05, 0) is 50.1 Å². The predicted octanol–water partition coefficient (Wildman–Crippen LogP) is 2.15. The summed E-state index contributed by atoms with van der Waals surface area (Å²) in [5.74, 6) is -3.08. The highest BCUT2D eigenvalue weighted by atomic mass is 16.6. The Balaban J connectivity index is 1.59. The van der Waals surface area contributed by atoms with Gasteiger partial charge in [-0.15, -0.1) is 0 Å². The monoisotopic (exact) mass is 523 g/mol. The van der Waals surface area contributed by atoms with Crippen LogP contribution >= 0.6 is 0 Å². The first-order chi connectivity index (χ1) is 18.3. The number of aliphatic hydroxyl groups is 1. The molecule has 1 spiro atoms. The Labute approximate surface area is 223 Å². The highest BCUT2D eigenvalue weighted by Gasteiger charge is 2.72. The molecule has 1 unspecified atom stereocenters. The fraction of sp³-hybridized carbons (Fsp3) is 0.552. The van der Waals surface area contributed by atoms with E-state index in [4.69, 9.17) is 9.47 Å². The number of esters is 1. The van der Waals surface area contributed by atoms with E-state index in [0.717, 1.165) is 18.8 Å². The van der Waals surface area contributed by atoms with Crippen LogP contribution in [0.2, 0.25) is 0 Å². The van der Waals surface area contributed by atoms with Crippen molar-refractivity contribution < 1.29 is 29.0 Å². The quantitative estimate of drug-likeness (QED) is 0.432. The molecule has 2 fully saturated rings. The number of carbonyl (C=O) groups is 3. The van der Waals surface area contributed by atoms with Gasteiger partial charge in [-0.25, -0.2) is 0 Å². The predicted molar refractivity (Wildman–Crippen MR) is 143 cm³/mol. The number of likely N-dealkylation sites (tertiary alicyclic amines) is 1. The molecule has 0 aliphatic carbocycles. The molecule has 38 heavy (non-hydrogen) atoms. The van der Waals surface area contributed by atoms with E-state index in [2.05, 4.69) is 18.7 Å². The van der Waals surface area contributed by atoms with Gasteiger partial charge < -0.3 is 29.3 Å². The Hall–Kier alpha value is -3.17. The third kappa shape index (κ3) is 3.94. The fourth-order valence-corrected chi connectivity index (χ4v) is 6.55. The maximum Gasteiger partial charge on any atom is 0.313 e. The maximum atomic E-state index is 14.4. The van der Waals surface area contributed by atoms with Crippen LogP contribution in [-0.2, 0) is 23.9 Å². The second kappa shape index (κ2) is 10.2. The molecule has 0 radical (unpaired) electrons. The Morgan fingerprint density at radius 1 is 1.08 bits per heavy atom. The van der Waals surface area contributed by atoms with Gasteiger partial charge in [0.15, 0.2) is 0 Å². The van der Waals surface area contributed by atoms with Crippen molar-refractivity contribution in [2.24, 2.45) is 17.8 Å². The Morgan fingerprint density at radius 2 is 1.79 bits per heavy atom. The SMILES string of the molecule is CCN(CC)c1ccc(N2CC=C[C@]34O[C@@H]5C=CCOC(=O)[C@@H]5[C@H]3C(=O)N([C@@H](CO)C(C)C)C4C2=O)cc1. The lowest BCUT2D eigenvalue weighted by molar-refractivity contribution is -0.154. The summed E-state index contributed by atoms with van der Waals surface area (Å²) < 4.78 is 11.9. The lowest BCUT2D eigenvalue weighted by Crippen LogP contribution is -2.59. The number of anilines is 2. The molecule has 4 aliphatic rings. The zero-order valence-corrected chi connectivity index (χ0v) is 22.4. The van der Waals surface area contributed by atoms with Gasteiger partial charge in [-0.1, -0.05) is 32.1 Å². The number of ether oxygens (including phenoxy) is 2. The summed E-state index contributed by atoms with van der Waals surface area (Å²) in [4.78, 5) is 47.0. The summed E-state index contributed by atoms with van der Waals surface area (Å²) in [6.45, 7) is 9.85. The normalized spacial score (nSPS) is 31.1. The first-order valence-corrected chi connectivity index (χ1v) is 13.6. The molecule has 6 atom stereocenters. The van der Waals surface area contributed by atoms with Crippen molar-refractivity contribution in [3.05, 3.63) is 48.6 Å². The molecule has 0 bridgehead atoms. The fourth-order valence-electron chi connectivity index (χ4n) is 6.55. The number of hydrogen-bond acceptors (Lipinski definition) is 7. The standard InChI is InChI=1S/C29H37N3O6/c1-5-30(6-2)19-10-12-20(13-11-19)31-15-8-14-29-24(23-22(38-29)9-7-16-37-28(23)36)26(34)32(25(29)27(31)35)21(17-33)18(3)4/h7-14,18,21-25,33H,5-6,15-17H2,1-4H3/t21-,22+,23-,24-,25?,29-/m0/s1. The van der Waals surface area contributed by atoms with E-state index in [0.29, 0.717) is 12.2 Å². The first kappa shape index (κ1) is 26.4. The van der Waals surface area contributed by atoms with E-state index in [1.807, 2.05) is 44.2 Å². The van der Waals surface area contributed by atoms with Gasteiger partial charge in [-0.2, -0.15) is 0 Å². The number of hydrogen-bond donors (Lipinski definition) is 1. The van der Waals surface area contributed by atoms with E-state index >= 15 is 0 Å². The van der Waals surface area contributed by atoms with E-state index < -0.39 is 41.6 Å². The van der Waals surface area contributed by atoms with Gasteiger partial charge >= 0.3 is 5.97 Å². The molecule has 2 amide bonds. The zero-order chi connectivity index (χ0) is 27.2. The molecule has 1 aromatic rings. The molecule has 1 N–H and O–H groups in total. The third-order valence-electron chi connectivity index (χ3n) is 8.46. The molecule has 5 rings (SSSR count). The molecule has 9 heteroatoms. The van der Waals surface area contributed by atoms with Crippen LogP contribution in [-0.4, -0.2) is 84.4 Å². The van der Waals surface area contributed by atoms with E-state index in [1.54, 1.807) is 23.1 Å². The summed E-state index contributed by atoms with van der Waals surface area (Å²) in [6.07, 6.45) is 6.45. The van der Waals surface area contributed by atoms with Crippen LogP contribution < -0.4 is 9.80 Å². The summed E-state index contributed by atoms with van der Waals surface area (Å²) in [5, 5.41) is 10.3. The Kier molecular flexibility index (Phi) is 7.09. The number of fused-ring (bicyclic) bond motifs is 2. The van der Waals surface area contributed by atoms with Gasteiger partial charge in [-0.3, -0.25) is 14.4 Å². The van der Waals surface area contributed by atoms with Gasteiger partial charge in [0.05, 0.1) is 24.7 Å². The Bertz CT molecular complexity index is 1140. The van der Waals surface area contributed by atoms with Gasteiger partial charge in [0.2, 0.25) is 5.91 Å². The Morgan fingerprint density at radius 3 is 2.42 bits per heavy atom. The van der Waals surface area contributed by atoms with Gasteiger partial charge in [0, 0.05) is 31.0 Å². The van der Waals surface area contributed by atoms with Crippen LogP contribution in [0, 0.1) is 17.8 Å². The number of rotatable bonds is 7. The molecular formula is C29H37N3O6. The second-order valence-corrected chi connectivity index (χ2v) is 10.7. The lowest BCUT2D eigenvalue weighted by atomic mass is 9.78. The lowest BCUT2D eigenvalue weighted by Gasteiger charge is -2.39. The van der Waals surface area contributed by atoms with Gasteiger partial charge in [0.25, 0.3) is 5.91 Å². The minimum atomic E-state index is -1.34. The summed E-state index contributed by atoms with van der Waals surface area (Å²) >= 11 is 0. The number of amides is 2. The van der Waals surface area contributed by atoms with Crippen molar-refractivity contribution >= 4 is 29.2 Å². The van der Waals surface area contributed by atoms with E-state index in [-0.39, 0.29) is 30.9 Å². The van der Waals surface area contributed by atoms with Crippen molar-refractivity contribution in [3.8, 4) is 0 Å². The summed E-state index contributed by atoms with van der Waals surface area (Å²) in [6, 6.07) is 6.18. The minimum Gasteiger partial charge on any atom is -0.461 e. The minimum absolute atomic E-state index is 0.119. The highest BCUT2D eigenvalue weighted by molar-refractivity contribution is 6.05. The van der Waals surface area contributed by atoms with Crippen LogP contribution in [0.25, 0.3) is 0 Å². The molecule has 0 saturated carbocycles. The number of nitrogens with zero attached hydrogens (tertiary/aromatic N) is 3. The van der Waals surface area contributed by atoms with Crippen molar-refractivity contribution in [3.63, 3.8) is 0 Å². The average molecular weight is 524 g/mol. The molecule has 204 valence electrons. The number of carbonyl (C=O) groups excluding carboxylic acids is 3. The molecule has 9 nitrogen and oxygen atoms in total. The molecular weight excluding hydrogens is 486 g/mol. The average Bonchev–Trinajstić information content (AvgIpc) is 3.20. The van der Waals surface area contributed by atoms with E-state index in [9.17, 15) is 19.5 Å². The smallest absolute Gasteiger partial charge is 0.313 e. The van der Waals surface area contributed by atoms with Crippen LogP contribution in [0.1, 0.15) is 27.7 Å². The van der Waals surface area contributed by atoms with Crippen LogP contribution in [0.5, 0.6) is 0 Å². The molecule has 4 aliphatic heterocycles. The van der Waals surface area contributed by atoms with Crippen LogP contribution in [0.15, 0.2) is 48.6 Å². The van der Waals surface area contributed by atoms with Crippen molar-refractivity contribution in [1.29, 1.82) is 0 Å². The highest BCUT2D eigenvalue weighted by Crippen LogP contribution is 2.54. The van der Waals surface area contributed by atoms with Gasteiger partial charge in [0.1, 0.15) is 24.2 Å². The molecule has 4 heterocycles. The van der Waals surface area contributed by atoms with Crippen LogP contribution in [0.3, 0.4) is 0 Å². The third-order valence-corrected chi connectivity index (χ3v) is 8.46. The maximum absolute atomic E-state index is 14.4. The molecule has 0 aromatic heterocycles. The summed E-state index contributed by atoms with van der Waals surface area (Å²) in [7, 11) is 0. The van der Waals surface area contributed by atoms with E-state index in [1.165, 1.54) is 4.90 Å². The number of benzene rings is 1. The van der Waals surface area contributed by atoms with Crippen molar-refractivity contribution in [1.82, 2.24) is 4.90 Å². The van der Waals surface area contributed by atoms with Crippen LogP contribution in [0.4, 0.5) is 11.4 Å². The van der Waals surface area contributed by atoms with Crippen molar-refractivity contribution in [2.45, 2.75) is 51.5 Å². The van der Waals surface area contributed by atoms with Crippen molar-refractivity contribution in [2.75, 3.05) is 42.6 Å².